The summed E-state index contributed by atoms with van der Waals surface area (Å²) in [7, 11) is 3.10. The number of ether oxygens (including phenoxy) is 2. The SMILES string of the molecule is COc1ccc(C2NNC(=O)C2NC(=O)c2ccccc2)cc1OC. The lowest BCUT2D eigenvalue weighted by Gasteiger charge is -2.19. The Morgan fingerprint density at radius 3 is 2.44 bits per heavy atom. The van der Waals surface area contributed by atoms with E-state index in [9.17, 15) is 9.59 Å². The summed E-state index contributed by atoms with van der Waals surface area (Å²) >= 11 is 0. The minimum atomic E-state index is -0.745. The van der Waals surface area contributed by atoms with Crippen LogP contribution in [0.1, 0.15) is 22.0 Å². The van der Waals surface area contributed by atoms with Crippen LogP contribution >= 0.6 is 0 Å². The first-order valence-electron chi connectivity index (χ1n) is 7.77. The van der Waals surface area contributed by atoms with Crippen LogP contribution < -0.4 is 25.6 Å². The predicted octanol–water partition coefficient (Wildman–Crippen LogP) is 1.18. The molecular formula is C18H19N3O4. The van der Waals surface area contributed by atoms with Crippen LogP contribution in [-0.2, 0) is 4.79 Å². The first kappa shape index (κ1) is 16.8. The summed E-state index contributed by atoms with van der Waals surface area (Å²) in [5.41, 5.74) is 6.75. The van der Waals surface area contributed by atoms with E-state index in [0.717, 1.165) is 5.56 Å². The van der Waals surface area contributed by atoms with Crippen molar-refractivity contribution in [3.05, 3.63) is 59.7 Å². The van der Waals surface area contributed by atoms with Crippen molar-refractivity contribution in [1.29, 1.82) is 0 Å². The summed E-state index contributed by atoms with van der Waals surface area (Å²) < 4.78 is 10.5. The van der Waals surface area contributed by atoms with Crippen molar-refractivity contribution < 1.29 is 19.1 Å². The maximum Gasteiger partial charge on any atom is 0.258 e. The molecule has 25 heavy (non-hydrogen) atoms. The number of nitrogens with one attached hydrogen (secondary N) is 3. The van der Waals surface area contributed by atoms with Crippen molar-refractivity contribution in [3.63, 3.8) is 0 Å². The molecule has 1 fully saturated rings. The van der Waals surface area contributed by atoms with E-state index in [1.165, 1.54) is 0 Å². The van der Waals surface area contributed by atoms with E-state index in [1.54, 1.807) is 50.6 Å². The maximum absolute atomic E-state index is 12.4. The fourth-order valence-electron chi connectivity index (χ4n) is 2.75. The Bertz CT molecular complexity index is 779. The number of hydrogen-bond donors (Lipinski definition) is 3. The molecule has 0 bridgehead atoms. The van der Waals surface area contributed by atoms with Crippen molar-refractivity contribution in [2.24, 2.45) is 0 Å². The van der Waals surface area contributed by atoms with Gasteiger partial charge in [0.15, 0.2) is 11.5 Å². The van der Waals surface area contributed by atoms with Gasteiger partial charge in [0.25, 0.3) is 11.8 Å². The van der Waals surface area contributed by atoms with Gasteiger partial charge in [-0.3, -0.25) is 15.0 Å². The van der Waals surface area contributed by atoms with E-state index in [1.807, 2.05) is 12.1 Å². The molecule has 1 aliphatic rings. The van der Waals surface area contributed by atoms with Crippen molar-refractivity contribution in [2.45, 2.75) is 12.1 Å². The number of amides is 2. The molecule has 1 heterocycles. The van der Waals surface area contributed by atoms with E-state index in [0.29, 0.717) is 17.1 Å². The molecule has 2 unspecified atom stereocenters. The monoisotopic (exact) mass is 341 g/mol. The average Bonchev–Trinajstić information content (AvgIpc) is 3.02. The van der Waals surface area contributed by atoms with Crippen molar-refractivity contribution >= 4 is 11.8 Å². The van der Waals surface area contributed by atoms with Crippen LogP contribution in [0, 0.1) is 0 Å². The molecule has 0 aromatic heterocycles. The van der Waals surface area contributed by atoms with Gasteiger partial charge in [-0.25, -0.2) is 5.43 Å². The van der Waals surface area contributed by atoms with Crippen LogP contribution in [0.2, 0.25) is 0 Å². The average molecular weight is 341 g/mol. The van der Waals surface area contributed by atoms with E-state index in [-0.39, 0.29) is 11.8 Å². The molecule has 1 saturated heterocycles. The molecule has 2 aromatic carbocycles. The van der Waals surface area contributed by atoms with Gasteiger partial charge in [0.05, 0.1) is 20.3 Å². The van der Waals surface area contributed by atoms with Gasteiger partial charge in [0.1, 0.15) is 6.04 Å². The third kappa shape index (κ3) is 3.41. The van der Waals surface area contributed by atoms with Gasteiger partial charge >= 0.3 is 0 Å². The summed E-state index contributed by atoms with van der Waals surface area (Å²) in [6.07, 6.45) is 0. The van der Waals surface area contributed by atoms with Gasteiger partial charge in [-0.05, 0) is 29.8 Å². The summed E-state index contributed by atoms with van der Waals surface area (Å²) in [5, 5.41) is 2.77. The largest absolute Gasteiger partial charge is 0.493 e. The number of carbonyl (C=O) groups is 2. The summed E-state index contributed by atoms with van der Waals surface area (Å²) in [6, 6.07) is 12.9. The molecule has 0 saturated carbocycles. The highest BCUT2D eigenvalue weighted by Gasteiger charge is 2.37. The predicted molar refractivity (Wildman–Crippen MR) is 91.3 cm³/mol. The van der Waals surface area contributed by atoms with E-state index in [4.69, 9.17) is 9.47 Å². The number of carbonyl (C=O) groups excluding carboxylic acids is 2. The topological polar surface area (TPSA) is 88.7 Å². The van der Waals surface area contributed by atoms with Crippen molar-refractivity contribution in [3.8, 4) is 11.5 Å². The highest BCUT2D eigenvalue weighted by molar-refractivity contribution is 5.98. The third-order valence-corrected chi connectivity index (χ3v) is 4.06. The first-order valence-corrected chi connectivity index (χ1v) is 7.77. The minimum absolute atomic E-state index is 0.302. The lowest BCUT2D eigenvalue weighted by atomic mass is 9.99. The van der Waals surface area contributed by atoms with Crippen LogP contribution in [0.15, 0.2) is 48.5 Å². The maximum atomic E-state index is 12.4. The zero-order valence-electron chi connectivity index (χ0n) is 13.9. The van der Waals surface area contributed by atoms with Crippen LogP contribution in [0.3, 0.4) is 0 Å². The van der Waals surface area contributed by atoms with Crippen molar-refractivity contribution in [1.82, 2.24) is 16.2 Å². The molecule has 2 amide bonds. The van der Waals surface area contributed by atoms with Crippen LogP contribution in [0.25, 0.3) is 0 Å². The standard InChI is InChI=1S/C18H19N3O4/c1-24-13-9-8-12(10-14(13)25-2)15-16(18(23)21-20-15)19-17(22)11-6-4-3-5-7-11/h3-10,15-16,20H,1-2H3,(H,19,22)(H,21,23). The van der Waals surface area contributed by atoms with Gasteiger partial charge in [0, 0.05) is 5.56 Å². The Labute approximate surface area is 145 Å². The smallest absolute Gasteiger partial charge is 0.258 e. The second-order valence-corrected chi connectivity index (χ2v) is 5.54. The van der Waals surface area contributed by atoms with E-state index < -0.39 is 12.1 Å². The first-order chi connectivity index (χ1) is 12.1. The lowest BCUT2D eigenvalue weighted by Crippen LogP contribution is -2.42. The van der Waals surface area contributed by atoms with E-state index >= 15 is 0 Å². The minimum Gasteiger partial charge on any atom is -0.493 e. The number of rotatable bonds is 5. The molecule has 130 valence electrons. The zero-order valence-corrected chi connectivity index (χ0v) is 13.9. The fourth-order valence-corrected chi connectivity index (χ4v) is 2.75. The molecular weight excluding hydrogens is 322 g/mol. The van der Waals surface area contributed by atoms with Crippen LogP contribution in [0.5, 0.6) is 11.5 Å². The number of hydrazine groups is 1. The summed E-state index contributed by atoms with van der Waals surface area (Å²) in [5.74, 6) is 0.529. The Balaban J connectivity index is 1.83. The molecule has 0 aliphatic carbocycles. The van der Waals surface area contributed by atoms with Gasteiger partial charge < -0.3 is 14.8 Å². The van der Waals surface area contributed by atoms with Crippen LogP contribution in [0.4, 0.5) is 0 Å². The number of benzene rings is 2. The molecule has 3 rings (SSSR count). The lowest BCUT2D eigenvalue weighted by molar-refractivity contribution is -0.121. The summed E-state index contributed by atoms with van der Waals surface area (Å²) in [4.78, 5) is 24.5. The van der Waals surface area contributed by atoms with Gasteiger partial charge in [-0.15, -0.1) is 0 Å². The van der Waals surface area contributed by atoms with Crippen molar-refractivity contribution in [2.75, 3.05) is 14.2 Å². The molecule has 7 nitrogen and oxygen atoms in total. The highest BCUT2D eigenvalue weighted by atomic mass is 16.5. The normalized spacial score (nSPS) is 19.2. The Hall–Kier alpha value is -3.06. The zero-order chi connectivity index (χ0) is 17.8. The number of methoxy groups -OCH3 is 2. The van der Waals surface area contributed by atoms with Gasteiger partial charge in [0.2, 0.25) is 0 Å². The second kappa shape index (κ2) is 7.23. The summed E-state index contributed by atoms with van der Waals surface area (Å²) in [6.45, 7) is 0. The molecule has 2 aromatic rings. The van der Waals surface area contributed by atoms with Gasteiger partial charge in [-0.1, -0.05) is 24.3 Å². The molecule has 0 radical (unpaired) electrons. The second-order valence-electron chi connectivity index (χ2n) is 5.54. The van der Waals surface area contributed by atoms with Crippen LogP contribution in [-0.4, -0.2) is 32.1 Å². The van der Waals surface area contributed by atoms with E-state index in [2.05, 4.69) is 16.2 Å². The highest BCUT2D eigenvalue weighted by Crippen LogP contribution is 2.31. The molecule has 0 spiro atoms. The third-order valence-electron chi connectivity index (χ3n) is 4.06. The number of hydrogen-bond acceptors (Lipinski definition) is 5. The Kier molecular flexibility index (Phi) is 4.85. The Morgan fingerprint density at radius 2 is 1.76 bits per heavy atom. The molecule has 3 N–H and O–H groups in total. The molecule has 2 atom stereocenters. The fraction of sp³-hybridized carbons (Fsp3) is 0.222. The molecule has 1 aliphatic heterocycles. The Morgan fingerprint density at radius 1 is 1.04 bits per heavy atom. The van der Waals surface area contributed by atoms with Gasteiger partial charge in [-0.2, -0.15) is 0 Å². The molecule has 7 heteroatoms. The quantitative estimate of drug-likeness (QED) is 0.760.